The molecule has 5 nitrogen and oxygen atoms in total. The van der Waals surface area contributed by atoms with E-state index in [-0.39, 0.29) is 0 Å². The van der Waals surface area contributed by atoms with E-state index >= 15 is 0 Å². The molecule has 1 aromatic rings. The normalized spacial score (nSPS) is 21.5. The number of nitrogens with one attached hydrogen (secondary N) is 1. The quantitative estimate of drug-likeness (QED) is 0.635. The van der Waals surface area contributed by atoms with Gasteiger partial charge in [-0.3, -0.25) is 0 Å². The number of aromatic amines is 1. The number of hydrogen-bond acceptors (Lipinski definition) is 4. The van der Waals surface area contributed by atoms with Gasteiger partial charge in [-0.05, 0) is 69.0 Å². The van der Waals surface area contributed by atoms with Crippen molar-refractivity contribution >= 4 is 23.7 Å². The highest BCUT2D eigenvalue weighted by Gasteiger charge is 2.33. The Hall–Kier alpha value is -1.89. The van der Waals surface area contributed by atoms with Crippen molar-refractivity contribution in [3.05, 3.63) is 27.2 Å². The number of piperidine rings is 1. The van der Waals surface area contributed by atoms with Crippen molar-refractivity contribution in [3.8, 4) is 6.07 Å². The van der Waals surface area contributed by atoms with Gasteiger partial charge in [-0.1, -0.05) is 12.2 Å². The molecule has 136 valence electrons. The second-order valence-corrected chi connectivity index (χ2v) is 8.28. The first-order chi connectivity index (χ1) is 12.7. The third kappa shape index (κ3) is 3.37. The maximum atomic E-state index is 9.51. The van der Waals surface area contributed by atoms with Crippen LogP contribution in [0.1, 0.15) is 55.6 Å². The first-order valence-electron chi connectivity index (χ1n) is 9.76. The monoisotopic (exact) mass is 367 g/mol. The molecule has 0 atom stereocenters. The SMILES string of the molecule is [C-]#[N+]c1c(N2CCC(CN3CCCC3)CC2)[nH]c(=S)c(C#N)c1C1CC1. The van der Waals surface area contributed by atoms with E-state index in [9.17, 15) is 5.26 Å². The Morgan fingerprint density at radius 3 is 2.42 bits per heavy atom. The molecule has 3 heterocycles. The Morgan fingerprint density at radius 1 is 1.15 bits per heavy atom. The fraction of sp³-hybridized carbons (Fsp3) is 0.650. The van der Waals surface area contributed by atoms with Crippen LogP contribution in [-0.2, 0) is 0 Å². The summed E-state index contributed by atoms with van der Waals surface area (Å²) in [7, 11) is 0. The maximum absolute atomic E-state index is 9.51. The molecule has 1 aromatic heterocycles. The summed E-state index contributed by atoms with van der Waals surface area (Å²) in [6, 6.07) is 2.23. The molecule has 2 aliphatic heterocycles. The standard InChI is InChI=1S/C20H25N5S/c1-22-18-17(15-4-5-15)16(12-21)20(26)23-19(18)25-10-6-14(7-11-25)13-24-8-2-3-9-24/h14-15H,2-11,13H2,(H,23,26). The van der Waals surface area contributed by atoms with Crippen LogP contribution in [0.25, 0.3) is 4.85 Å². The third-order valence-electron chi connectivity index (χ3n) is 6.06. The smallest absolute Gasteiger partial charge is 0.230 e. The van der Waals surface area contributed by atoms with Crippen LogP contribution in [0, 0.1) is 28.5 Å². The highest BCUT2D eigenvalue weighted by molar-refractivity contribution is 7.71. The second kappa shape index (κ2) is 7.39. The van der Waals surface area contributed by atoms with Crippen LogP contribution in [0.5, 0.6) is 0 Å². The number of anilines is 1. The number of likely N-dealkylation sites (tertiary alicyclic amines) is 1. The molecule has 3 fully saturated rings. The van der Waals surface area contributed by atoms with Gasteiger partial charge in [-0.15, -0.1) is 0 Å². The van der Waals surface area contributed by atoms with Gasteiger partial charge in [0.05, 0.1) is 12.1 Å². The van der Waals surface area contributed by atoms with Gasteiger partial charge < -0.3 is 14.8 Å². The first kappa shape index (κ1) is 17.5. The van der Waals surface area contributed by atoms with Gasteiger partial charge in [0.25, 0.3) is 0 Å². The van der Waals surface area contributed by atoms with Crippen molar-refractivity contribution in [2.24, 2.45) is 5.92 Å². The molecule has 0 amide bonds. The van der Waals surface area contributed by atoms with Crippen LogP contribution >= 0.6 is 12.2 Å². The largest absolute Gasteiger partial charge is 0.367 e. The lowest BCUT2D eigenvalue weighted by molar-refractivity contribution is 0.249. The summed E-state index contributed by atoms with van der Waals surface area (Å²) in [4.78, 5) is 11.9. The van der Waals surface area contributed by atoms with Crippen molar-refractivity contribution in [2.45, 2.75) is 44.4 Å². The highest BCUT2D eigenvalue weighted by atomic mass is 32.1. The van der Waals surface area contributed by atoms with Crippen molar-refractivity contribution in [3.63, 3.8) is 0 Å². The molecule has 0 bridgehead atoms. The molecule has 1 saturated carbocycles. The lowest BCUT2D eigenvalue weighted by Gasteiger charge is -2.35. The fourth-order valence-electron chi connectivity index (χ4n) is 4.49. The Balaban J connectivity index is 1.54. The van der Waals surface area contributed by atoms with E-state index in [1.165, 1.54) is 32.5 Å². The van der Waals surface area contributed by atoms with Crippen molar-refractivity contribution < 1.29 is 0 Å². The summed E-state index contributed by atoms with van der Waals surface area (Å²) in [6.45, 7) is 13.4. The number of rotatable bonds is 4. The van der Waals surface area contributed by atoms with Gasteiger partial charge in [0.2, 0.25) is 5.69 Å². The van der Waals surface area contributed by atoms with Crippen LogP contribution in [-0.4, -0.2) is 42.6 Å². The Bertz CT molecular complexity index is 812. The van der Waals surface area contributed by atoms with Gasteiger partial charge in [-0.25, -0.2) is 4.85 Å². The average molecular weight is 368 g/mol. The van der Waals surface area contributed by atoms with Gasteiger partial charge in [-0.2, -0.15) is 5.26 Å². The van der Waals surface area contributed by atoms with Crippen LogP contribution < -0.4 is 4.90 Å². The molecule has 26 heavy (non-hydrogen) atoms. The minimum Gasteiger partial charge on any atom is -0.367 e. The topological polar surface area (TPSA) is 50.4 Å². The molecule has 0 radical (unpaired) electrons. The molecule has 2 saturated heterocycles. The van der Waals surface area contributed by atoms with Gasteiger partial charge in [0, 0.05) is 19.6 Å². The molecular weight excluding hydrogens is 342 g/mol. The van der Waals surface area contributed by atoms with E-state index < -0.39 is 0 Å². The van der Waals surface area contributed by atoms with Crippen molar-refractivity contribution in [1.82, 2.24) is 9.88 Å². The van der Waals surface area contributed by atoms with Crippen LogP contribution in [0.2, 0.25) is 0 Å². The number of hydrogen-bond donors (Lipinski definition) is 1. The van der Waals surface area contributed by atoms with Crippen molar-refractivity contribution in [1.29, 1.82) is 5.26 Å². The lowest BCUT2D eigenvalue weighted by atomic mass is 9.95. The number of nitriles is 1. The van der Waals surface area contributed by atoms with Crippen LogP contribution in [0.4, 0.5) is 11.5 Å². The molecule has 0 aromatic carbocycles. The van der Waals surface area contributed by atoms with E-state index in [1.807, 2.05) is 0 Å². The van der Waals surface area contributed by atoms with E-state index in [1.54, 1.807) is 0 Å². The fourth-order valence-corrected chi connectivity index (χ4v) is 4.74. The number of aromatic nitrogens is 1. The van der Waals surface area contributed by atoms with E-state index in [4.69, 9.17) is 18.8 Å². The van der Waals surface area contributed by atoms with Crippen LogP contribution in [0.3, 0.4) is 0 Å². The summed E-state index contributed by atoms with van der Waals surface area (Å²) >= 11 is 5.45. The van der Waals surface area contributed by atoms with E-state index in [0.29, 0.717) is 21.8 Å². The molecule has 0 unspecified atom stereocenters. The van der Waals surface area contributed by atoms with E-state index in [2.05, 4.69) is 25.7 Å². The molecule has 1 N–H and O–H groups in total. The second-order valence-electron chi connectivity index (χ2n) is 7.88. The van der Waals surface area contributed by atoms with Gasteiger partial charge in [0.1, 0.15) is 16.5 Å². The molecule has 4 rings (SSSR count). The summed E-state index contributed by atoms with van der Waals surface area (Å²) in [5.74, 6) is 1.95. The number of H-pyrrole nitrogens is 1. The zero-order valence-corrected chi connectivity index (χ0v) is 15.9. The Morgan fingerprint density at radius 2 is 1.85 bits per heavy atom. The van der Waals surface area contributed by atoms with E-state index in [0.717, 1.165) is 56.1 Å². The molecule has 1 aliphatic carbocycles. The molecule has 0 spiro atoms. The summed E-state index contributed by atoms with van der Waals surface area (Å²) in [6.07, 6.45) is 7.14. The Labute approximate surface area is 160 Å². The first-order valence-corrected chi connectivity index (χ1v) is 10.2. The summed E-state index contributed by atoms with van der Waals surface area (Å²) in [5, 5.41) is 9.51. The minimum atomic E-state index is 0.344. The average Bonchev–Trinajstić information content (AvgIpc) is 3.38. The maximum Gasteiger partial charge on any atom is 0.230 e. The third-order valence-corrected chi connectivity index (χ3v) is 6.37. The molecule has 3 aliphatic rings. The zero-order chi connectivity index (χ0) is 18.1. The van der Waals surface area contributed by atoms with Gasteiger partial charge >= 0.3 is 0 Å². The predicted molar refractivity (Wildman–Crippen MR) is 105 cm³/mol. The van der Waals surface area contributed by atoms with Gasteiger partial charge in [0.15, 0.2) is 0 Å². The number of nitrogens with zero attached hydrogens (tertiary/aromatic N) is 4. The predicted octanol–water partition coefficient (Wildman–Crippen LogP) is 4.36. The number of pyridine rings is 1. The lowest BCUT2D eigenvalue weighted by Crippen LogP contribution is -2.38. The summed E-state index contributed by atoms with van der Waals surface area (Å²) in [5.41, 5.74) is 2.05. The van der Waals surface area contributed by atoms with Crippen molar-refractivity contribution in [2.75, 3.05) is 37.6 Å². The minimum absolute atomic E-state index is 0.344. The molecular formula is C20H25N5S. The highest BCUT2D eigenvalue weighted by Crippen LogP contribution is 2.49. The zero-order valence-electron chi connectivity index (χ0n) is 15.1. The van der Waals surface area contributed by atoms with Crippen LogP contribution in [0.15, 0.2) is 0 Å². The Kier molecular flexibility index (Phi) is 4.98. The molecule has 6 heteroatoms. The summed E-state index contributed by atoms with van der Waals surface area (Å²) < 4.78 is 0.496.